The standard InChI is InChI=1S/C48H82O17/c1-22-31(51)34(54)36(56)40(59-22)63-38-33(53)26(20-49)61-42(39(38)64-41-37(57)35(55)32(52)23(2)60-41)62-29-14-16-44(5)27(43(29,3)4)13-18-46(7)28(44)11-10-24-25(12-17-45(24,46)6)48(9)19-15-30(65-48)47(8,58)21-50/h22-42,49-58H,10-21H2,1-9H3/t22-,23-,24+,25-,26+,27-,28+,29-,30+,31-,32-,33+,34+,35+,36+,37+,38-,39+,40-,41-,42-,44-,45+,46+,47+,48-/m0/s1. The molecule has 4 aliphatic carbocycles. The van der Waals surface area contributed by atoms with E-state index in [0.29, 0.717) is 24.2 Å². The average molecular weight is 931 g/mol. The van der Waals surface area contributed by atoms with Crippen molar-refractivity contribution in [2.75, 3.05) is 13.2 Å². The Hall–Kier alpha value is -0.680. The Labute approximate surface area is 384 Å². The quantitative estimate of drug-likeness (QED) is 0.138. The summed E-state index contributed by atoms with van der Waals surface area (Å²) < 4.78 is 44.3. The Balaban J connectivity index is 1.04. The van der Waals surface area contributed by atoms with Crippen molar-refractivity contribution in [1.29, 1.82) is 0 Å². The van der Waals surface area contributed by atoms with E-state index in [1.54, 1.807) is 6.92 Å². The molecule has 4 saturated heterocycles. The lowest BCUT2D eigenvalue weighted by Crippen LogP contribution is -2.68. The van der Waals surface area contributed by atoms with Crippen molar-refractivity contribution in [2.45, 2.75) is 242 Å². The molecule has 4 aliphatic heterocycles. The first-order valence-corrected chi connectivity index (χ1v) is 24.6. The first kappa shape index (κ1) is 50.7. The van der Waals surface area contributed by atoms with Crippen molar-refractivity contribution < 1.29 is 84.2 Å². The van der Waals surface area contributed by atoms with Gasteiger partial charge >= 0.3 is 0 Å². The van der Waals surface area contributed by atoms with Crippen LogP contribution in [0.5, 0.6) is 0 Å². The smallest absolute Gasteiger partial charge is 0.187 e. The third-order valence-electron chi connectivity index (χ3n) is 19.7. The Morgan fingerprint density at radius 3 is 1.72 bits per heavy atom. The van der Waals surface area contributed by atoms with Crippen LogP contribution in [-0.2, 0) is 33.2 Å². The van der Waals surface area contributed by atoms with Crippen LogP contribution in [0.2, 0.25) is 0 Å². The Morgan fingerprint density at radius 2 is 1.14 bits per heavy atom. The Morgan fingerprint density at radius 1 is 0.554 bits per heavy atom. The third kappa shape index (κ3) is 8.11. The number of rotatable bonds is 10. The molecule has 0 aromatic carbocycles. The van der Waals surface area contributed by atoms with E-state index in [4.69, 9.17) is 33.2 Å². The second kappa shape index (κ2) is 17.9. The molecule has 0 spiro atoms. The number of ether oxygens (including phenoxy) is 7. The van der Waals surface area contributed by atoms with Gasteiger partial charge in [0.2, 0.25) is 0 Å². The van der Waals surface area contributed by atoms with Crippen LogP contribution in [0.15, 0.2) is 0 Å². The van der Waals surface area contributed by atoms with E-state index >= 15 is 0 Å². The van der Waals surface area contributed by atoms with E-state index in [9.17, 15) is 51.1 Å². The van der Waals surface area contributed by atoms with E-state index in [-0.39, 0.29) is 34.4 Å². The SMILES string of the molecule is C[C@@H]1O[C@@H](O[C@H]2[C@H](O[C@H]3CC[C@]4(C)[C@H]5CC[C@@H]6[C@@H]([C@]7(C)CC[C@H]([C@](C)(O)CO)O7)CC[C@@]6(C)[C@]5(C)CC[C@H]4C3(C)C)O[C@H](CO)[C@@H](O)[C@@H]2O[C@@H]2O[C@@H](C)[C@H](O)[C@@H](O)[C@H]2O)[C@H](O)[C@H](O)[C@H]1O. The van der Waals surface area contributed by atoms with Gasteiger partial charge in [-0.3, -0.25) is 0 Å². The molecular weight excluding hydrogens is 849 g/mol. The van der Waals surface area contributed by atoms with Gasteiger partial charge in [0.15, 0.2) is 18.9 Å². The predicted octanol–water partition coefficient (Wildman–Crippen LogP) is 1.24. The number of hydrogen-bond donors (Lipinski definition) is 10. The zero-order valence-corrected chi connectivity index (χ0v) is 39.9. The first-order valence-electron chi connectivity index (χ1n) is 24.6. The van der Waals surface area contributed by atoms with Crippen LogP contribution >= 0.6 is 0 Å². The van der Waals surface area contributed by atoms with Gasteiger partial charge in [0.25, 0.3) is 0 Å². The number of fused-ring (bicyclic) bond motifs is 5. The fraction of sp³-hybridized carbons (Fsp3) is 1.00. The van der Waals surface area contributed by atoms with Crippen molar-refractivity contribution in [1.82, 2.24) is 0 Å². The van der Waals surface area contributed by atoms with E-state index in [1.165, 1.54) is 13.8 Å². The van der Waals surface area contributed by atoms with Crippen LogP contribution in [0.25, 0.3) is 0 Å². The second-order valence-corrected chi connectivity index (χ2v) is 23.6. The highest BCUT2D eigenvalue weighted by Gasteiger charge is 2.70. The summed E-state index contributed by atoms with van der Waals surface area (Å²) in [5.41, 5.74) is -1.96. The Kier molecular flexibility index (Phi) is 13.9. The van der Waals surface area contributed by atoms with Crippen LogP contribution in [-0.4, -0.2) is 180 Å². The van der Waals surface area contributed by atoms with Crippen molar-refractivity contribution in [3.05, 3.63) is 0 Å². The summed E-state index contributed by atoms with van der Waals surface area (Å²) >= 11 is 0. The number of hydrogen-bond acceptors (Lipinski definition) is 17. The lowest BCUT2D eigenvalue weighted by atomic mass is 9.35. The summed E-state index contributed by atoms with van der Waals surface area (Å²) in [6.45, 7) is 17.9. The molecule has 10 N–H and O–H groups in total. The molecule has 0 aromatic heterocycles. The van der Waals surface area contributed by atoms with Gasteiger partial charge in [-0.1, -0.05) is 34.6 Å². The van der Waals surface area contributed by atoms with E-state index in [2.05, 4.69) is 41.5 Å². The fourth-order valence-electron chi connectivity index (χ4n) is 15.5. The minimum absolute atomic E-state index is 0.0381. The Bertz CT molecular complexity index is 1670. The zero-order chi connectivity index (χ0) is 47.6. The normalized spacial score (nSPS) is 56.6. The lowest BCUT2D eigenvalue weighted by molar-refractivity contribution is -0.397. The van der Waals surface area contributed by atoms with Crippen molar-refractivity contribution >= 4 is 0 Å². The molecule has 4 heterocycles. The summed E-state index contributed by atoms with van der Waals surface area (Å²) in [7, 11) is 0. The largest absolute Gasteiger partial charge is 0.394 e. The van der Waals surface area contributed by atoms with Crippen LogP contribution in [0.3, 0.4) is 0 Å². The second-order valence-electron chi connectivity index (χ2n) is 23.6. The first-order chi connectivity index (χ1) is 30.3. The molecule has 0 amide bonds. The molecule has 8 aliphatic rings. The minimum Gasteiger partial charge on any atom is -0.394 e. The number of aliphatic hydroxyl groups is 10. The average Bonchev–Trinajstić information content (AvgIpc) is 3.85. The maximum atomic E-state index is 11.7. The molecule has 0 unspecified atom stereocenters. The highest BCUT2D eigenvalue weighted by molar-refractivity contribution is 5.19. The summed E-state index contributed by atoms with van der Waals surface area (Å²) in [6.07, 6.45) is -13.3. The van der Waals surface area contributed by atoms with Crippen molar-refractivity contribution in [2.24, 2.45) is 45.3 Å². The van der Waals surface area contributed by atoms with E-state index < -0.39 is 122 Å². The maximum absolute atomic E-state index is 11.7. The molecule has 26 atom stereocenters. The van der Waals surface area contributed by atoms with Gasteiger partial charge in [-0.2, -0.15) is 0 Å². The summed E-state index contributed by atoms with van der Waals surface area (Å²) in [5.74, 6) is 1.51. The summed E-state index contributed by atoms with van der Waals surface area (Å²) in [5, 5.41) is 107. The van der Waals surface area contributed by atoms with Gasteiger partial charge in [-0.05, 0) is 137 Å². The lowest BCUT2D eigenvalue weighted by Gasteiger charge is -2.70. The van der Waals surface area contributed by atoms with Gasteiger partial charge in [-0.25, -0.2) is 0 Å². The molecule has 17 heteroatoms. The van der Waals surface area contributed by atoms with Crippen molar-refractivity contribution in [3.8, 4) is 0 Å². The fourth-order valence-corrected chi connectivity index (χ4v) is 15.5. The van der Waals surface area contributed by atoms with Gasteiger partial charge in [0.05, 0.1) is 43.2 Å². The van der Waals surface area contributed by atoms with Crippen LogP contribution < -0.4 is 0 Å². The number of aliphatic hydroxyl groups excluding tert-OH is 9. The van der Waals surface area contributed by atoms with Gasteiger partial charge in [-0.15, -0.1) is 0 Å². The molecule has 376 valence electrons. The minimum atomic E-state index is -1.75. The molecule has 4 saturated carbocycles. The predicted molar refractivity (Wildman–Crippen MR) is 230 cm³/mol. The molecule has 17 nitrogen and oxygen atoms in total. The molecule has 8 fully saturated rings. The van der Waals surface area contributed by atoms with Crippen LogP contribution in [0, 0.1) is 45.3 Å². The molecular formula is C48H82O17. The monoisotopic (exact) mass is 931 g/mol. The van der Waals surface area contributed by atoms with E-state index in [1.807, 2.05) is 0 Å². The van der Waals surface area contributed by atoms with Gasteiger partial charge < -0.3 is 84.2 Å². The zero-order valence-electron chi connectivity index (χ0n) is 39.9. The molecule has 65 heavy (non-hydrogen) atoms. The van der Waals surface area contributed by atoms with Gasteiger partial charge in [0, 0.05) is 0 Å². The van der Waals surface area contributed by atoms with Crippen molar-refractivity contribution in [3.63, 3.8) is 0 Å². The van der Waals surface area contributed by atoms with Crippen LogP contribution in [0.1, 0.15) is 127 Å². The topological polar surface area (TPSA) is 267 Å². The molecule has 8 rings (SSSR count). The third-order valence-corrected chi connectivity index (χ3v) is 19.7. The van der Waals surface area contributed by atoms with Gasteiger partial charge in [0.1, 0.15) is 66.6 Å². The molecule has 0 aromatic rings. The van der Waals surface area contributed by atoms with E-state index in [0.717, 1.165) is 57.8 Å². The molecule has 0 bridgehead atoms. The summed E-state index contributed by atoms with van der Waals surface area (Å²) in [4.78, 5) is 0. The molecule has 0 radical (unpaired) electrons. The summed E-state index contributed by atoms with van der Waals surface area (Å²) in [6, 6.07) is 0. The highest BCUT2D eigenvalue weighted by Crippen LogP contribution is 2.76. The maximum Gasteiger partial charge on any atom is 0.187 e. The highest BCUT2D eigenvalue weighted by atomic mass is 16.8. The van der Waals surface area contributed by atoms with Crippen LogP contribution in [0.4, 0.5) is 0 Å².